The first-order chi connectivity index (χ1) is 7.38. The van der Waals surface area contributed by atoms with E-state index in [0.29, 0.717) is 6.07 Å². The predicted octanol–water partition coefficient (Wildman–Crippen LogP) is 3.68. The predicted molar refractivity (Wildman–Crippen MR) is 58.3 cm³/mol. The number of alkyl halides is 3. The van der Waals surface area contributed by atoms with Gasteiger partial charge in [-0.15, -0.1) is 12.4 Å². The van der Waals surface area contributed by atoms with Gasteiger partial charge in [-0.3, -0.25) is 0 Å². The first-order valence-electron chi connectivity index (χ1n) is 5.01. The standard InChI is InChI=1S/C11H11F4N.ClH/c12-9-4-7(10(16)6-1-2-6)3-8(5-9)11(13,14)15;/h3-6,10H,1-2,16H2;1H/t10-;/m1./s1. The molecule has 1 fully saturated rings. The number of benzene rings is 1. The van der Waals surface area contributed by atoms with Crippen LogP contribution in [0.2, 0.25) is 0 Å². The van der Waals surface area contributed by atoms with Crippen molar-refractivity contribution in [2.75, 3.05) is 0 Å². The van der Waals surface area contributed by atoms with Crippen LogP contribution in [-0.2, 0) is 6.18 Å². The van der Waals surface area contributed by atoms with Crippen molar-refractivity contribution >= 4 is 12.4 Å². The molecule has 0 spiro atoms. The largest absolute Gasteiger partial charge is 0.416 e. The Kier molecular flexibility index (Phi) is 4.04. The summed E-state index contributed by atoms with van der Waals surface area (Å²) < 4.78 is 50.3. The summed E-state index contributed by atoms with van der Waals surface area (Å²) in [5, 5.41) is 0. The molecule has 1 aromatic rings. The van der Waals surface area contributed by atoms with Crippen LogP contribution < -0.4 is 5.73 Å². The Morgan fingerprint density at radius 3 is 2.24 bits per heavy atom. The van der Waals surface area contributed by atoms with Gasteiger partial charge in [0.1, 0.15) is 5.82 Å². The van der Waals surface area contributed by atoms with Crippen molar-refractivity contribution in [2.24, 2.45) is 11.7 Å². The van der Waals surface area contributed by atoms with Crippen molar-refractivity contribution in [1.82, 2.24) is 0 Å². The second kappa shape index (κ2) is 4.82. The van der Waals surface area contributed by atoms with E-state index in [1.807, 2.05) is 0 Å². The van der Waals surface area contributed by atoms with Gasteiger partial charge in [0.15, 0.2) is 0 Å². The molecule has 2 rings (SSSR count). The van der Waals surface area contributed by atoms with E-state index in [4.69, 9.17) is 5.73 Å². The van der Waals surface area contributed by atoms with Crippen molar-refractivity contribution in [3.05, 3.63) is 35.1 Å². The maximum atomic E-state index is 13.0. The monoisotopic (exact) mass is 269 g/mol. The first-order valence-corrected chi connectivity index (χ1v) is 5.01. The van der Waals surface area contributed by atoms with Crippen LogP contribution in [-0.4, -0.2) is 0 Å². The molecular formula is C11H12ClF4N. The molecule has 1 atom stereocenters. The molecule has 0 aliphatic heterocycles. The van der Waals surface area contributed by atoms with Crippen molar-refractivity contribution in [1.29, 1.82) is 0 Å². The van der Waals surface area contributed by atoms with Crippen molar-refractivity contribution < 1.29 is 17.6 Å². The van der Waals surface area contributed by atoms with E-state index < -0.39 is 23.6 Å². The lowest BCUT2D eigenvalue weighted by Gasteiger charge is -2.14. The van der Waals surface area contributed by atoms with E-state index in [1.165, 1.54) is 0 Å². The zero-order valence-corrected chi connectivity index (χ0v) is 9.61. The highest BCUT2D eigenvalue weighted by atomic mass is 35.5. The normalized spacial score (nSPS) is 17.5. The minimum absolute atomic E-state index is 0. The SMILES string of the molecule is Cl.N[C@@H](c1cc(F)cc(C(F)(F)F)c1)C1CC1. The quantitative estimate of drug-likeness (QED) is 0.815. The lowest BCUT2D eigenvalue weighted by molar-refractivity contribution is -0.137. The Hall–Kier alpha value is -0.810. The zero-order valence-electron chi connectivity index (χ0n) is 8.80. The van der Waals surface area contributed by atoms with Crippen LogP contribution in [0.3, 0.4) is 0 Å². The second-order valence-electron chi connectivity index (χ2n) is 4.13. The Labute approximate surface area is 102 Å². The van der Waals surface area contributed by atoms with Gasteiger partial charge in [-0.2, -0.15) is 13.2 Å². The van der Waals surface area contributed by atoms with Crippen LogP contribution in [0.15, 0.2) is 18.2 Å². The summed E-state index contributed by atoms with van der Waals surface area (Å²) in [6, 6.07) is 2.02. The van der Waals surface area contributed by atoms with Crippen molar-refractivity contribution in [2.45, 2.75) is 25.1 Å². The molecule has 1 saturated carbocycles. The van der Waals surface area contributed by atoms with Crippen molar-refractivity contribution in [3.63, 3.8) is 0 Å². The first kappa shape index (κ1) is 14.3. The van der Waals surface area contributed by atoms with Crippen LogP contribution in [0.4, 0.5) is 17.6 Å². The minimum Gasteiger partial charge on any atom is -0.324 e. The molecule has 0 heterocycles. The van der Waals surface area contributed by atoms with Crippen LogP contribution in [0.1, 0.15) is 30.0 Å². The van der Waals surface area contributed by atoms with Gasteiger partial charge in [-0.25, -0.2) is 4.39 Å². The summed E-state index contributed by atoms with van der Waals surface area (Å²) in [6.07, 6.45) is -2.72. The molecule has 2 N–H and O–H groups in total. The van der Waals surface area contributed by atoms with Crippen LogP contribution in [0.25, 0.3) is 0 Å². The summed E-state index contributed by atoms with van der Waals surface area (Å²) in [5.41, 5.74) is 5.01. The van der Waals surface area contributed by atoms with Crippen molar-refractivity contribution in [3.8, 4) is 0 Å². The van der Waals surface area contributed by atoms with Crippen LogP contribution >= 0.6 is 12.4 Å². The summed E-state index contributed by atoms with van der Waals surface area (Å²) in [6.45, 7) is 0. The van der Waals surface area contributed by atoms with Gasteiger partial charge in [0, 0.05) is 6.04 Å². The molecule has 0 radical (unpaired) electrons. The van der Waals surface area contributed by atoms with Crippen LogP contribution in [0, 0.1) is 11.7 Å². The Morgan fingerprint density at radius 1 is 1.18 bits per heavy atom. The van der Waals surface area contributed by atoms with Crippen LogP contribution in [0.5, 0.6) is 0 Å². The molecule has 1 aliphatic rings. The highest BCUT2D eigenvalue weighted by Gasteiger charge is 2.34. The average Bonchev–Trinajstić information content (AvgIpc) is 2.97. The van der Waals surface area contributed by atoms with Gasteiger partial charge in [-0.05, 0) is 42.5 Å². The summed E-state index contributed by atoms with van der Waals surface area (Å²) in [4.78, 5) is 0. The Morgan fingerprint density at radius 2 is 1.76 bits per heavy atom. The van der Waals surface area contributed by atoms with E-state index in [9.17, 15) is 17.6 Å². The van der Waals surface area contributed by atoms with E-state index in [2.05, 4.69) is 0 Å². The van der Waals surface area contributed by atoms with E-state index in [-0.39, 0.29) is 23.9 Å². The third kappa shape index (κ3) is 3.33. The summed E-state index contributed by atoms with van der Waals surface area (Å²) in [5.74, 6) is -0.691. The smallest absolute Gasteiger partial charge is 0.324 e. The Balaban J connectivity index is 0.00000144. The number of halogens is 5. The van der Waals surface area contributed by atoms with E-state index >= 15 is 0 Å². The third-order valence-corrected chi connectivity index (χ3v) is 2.76. The lowest BCUT2D eigenvalue weighted by atomic mass is 10.0. The van der Waals surface area contributed by atoms with E-state index in [0.717, 1.165) is 25.0 Å². The molecule has 17 heavy (non-hydrogen) atoms. The fourth-order valence-electron chi connectivity index (χ4n) is 1.70. The molecule has 0 bridgehead atoms. The molecule has 0 amide bonds. The number of hydrogen-bond donors (Lipinski definition) is 1. The molecule has 0 aromatic heterocycles. The summed E-state index contributed by atoms with van der Waals surface area (Å²) in [7, 11) is 0. The fraction of sp³-hybridized carbons (Fsp3) is 0.455. The van der Waals surface area contributed by atoms with Gasteiger partial charge < -0.3 is 5.73 Å². The molecule has 0 saturated heterocycles. The highest BCUT2D eigenvalue weighted by molar-refractivity contribution is 5.85. The van der Waals surface area contributed by atoms with E-state index in [1.54, 1.807) is 0 Å². The average molecular weight is 270 g/mol. The molecular weight excluding hydrogens is 258 g/mol. The fourth-order valence-corrected chi connectivity index (χ4v) is 1.70. The zero-order chi connectivity index (χ0) is 11.9. The summed E-state index contributed by atoms with van der Waals surface area (Å²) >= 11 is 0. The molecule has 1 nitrogen and oxygen atoms in total. The van der Waals surface area contributed by atoms with Gasteiger partial charge >= 0.3 is 6.18 Å². The topological polar surface area (TPSA) is 26.0 Å². The molecule has 1 aliphatic carbocycles. The molecule has 1 aromatic carbocycles. The molecule has 96 valence electrons. The Bertz CT molecular complexity index is 401. The third-order valence-electron chi connectivity index (χ3n) is 2.76. The lowest BCUT2D eigenvalue weighted by Crippen LogP contribution is -2.15. The minimum atomic E-state index is -4.53. The number of hydrogen-bond acceptors (Lipinski definition) is 1. The number of rotatable bonds is 2. The molecule has 0 unspecified atom stereocenters. The number of nitrogens with two attached hydrogens (primary N) is 1. The van der Waals surface area contributed by atoms with Gasteiger partial charge in [0.25, 0.3) is 0 Å². The molecule has 6 heteroatoms. The second-order valence-corrected chi connectivity index (χ2v) is 4.13. The highest BCUT2D eigenvalue weighted by Crippen LogP contribution is 2.40. The van der Waals surface area contributed by atoms with Gasteiger partial charge in [-0.1, -0.05) is 0 Å². The maximum absolute atomic E-state index is 13.0. The van der Waals surface area contributed by atoms with Gasteiger partial charge in [0.05, 0.1) is 5.56 Å². The van der Waals surface area contributed by atoms with Gasteiger partial charge in [0.2, 0.25) is 0 Å². The maximum Gasteiger partial charge on any atom is 0.416 e.